The minimum atomic E-state index is 0.142. The summed E-state index contributed by atoms with van der Waals surface area (Å²) in [4.78, 5) is 6.58. The molecule has 0 bridgehead atoms. The molecular weight excluding hydrogens is 236 g/mol. The van der Waals surface area contributed by atoms with Gasteiger partial charge in [0.1, 0.15) is 0 Å². The maximum Gasteiger partial charge on any atom is 0.162 e. The monoisotopic (exact) mass is 252 g/mol. The first-order chi connectivity index (χ1) is 8.20. The standard InChI is InChI=1S/C12H16N2O2S/c1-9(7-15)14(2)6-10-8-17-12(13-10)11-4-3-5-16-11/h3-5,8-9,15H,6-7H2,1-2H3. The number of aliphatic hydroxyl groups excluding tert-OH is 1. The van der Waals surface area contributed by atoms with E-state index in [1.807, 2.05) is 31.5 Å². The second-order valence-electron chi connectivity index (χ2n) is 4.07. The van der Waals surface area contributed by atoms with E-state index in [0.29, 0.717) is 0 Å². The van der Waals surface area contributed by atoms with Crippen LogP contribution in [-0.2, 0) is 6.54 Å². The van der Waals surface area contributed by atoms with Gasteiger partial charge in [-0.1, -0.05) is 0 Å². The largest absolute Gasteiger partial charge is 0.462 e. The van der Waals surface area contributed by atoms with Crippen molar-refractivity contribution < 1.29 is 9.52 Å². The predicted octanol–water partition coefficient (Wildman–Crippen LogP) is 2.22. The number of thiazole rings is 1. The van der Waals surface area contributed by atoms with Gasteiger partial charge < -0.3 is 9.52 Å². The van der Waals surface area contributed by atoms with Crippen LogP contribution < -0.4 is 0 Å². The molecule has 5 heteroatoms. The fourth-order valence-electron chi connectivity index (χ4n) is 1.44. The molecule has 0 aliphatic heterocycles. The molecule has 0 radical (unpaired) electrons. The van der Waals surface area contributed by atoms with Crippen LogP contribution in [0.3, 0.4) is 0 Å². The van der Waals surface area contributed by atoms with E-state index in [1.54, 1.807) is 17.6 Å². The first-order valence-electron chi connectivity index (χ1n) is 5.50. The summed E-state index contributed by atoms with van der Waals surface area (Å²) in [6.07, 6.45) is 1.65. The minimum absolute atomic E-state index is 0.142. The average molecular weight is 252 g/mol. The van der Waals surface area contributed by atoms with Crippen molar-refractivity contribution in [3.63, 3.8) is 0 Å². The summed E-state index contributed by atoms with van der Waals surface area (Å²) in [6.45, 7) is 2.88. The molecule has 0 saturated carbocycles. The molecule has 2 heterocycles. The number of hydrogen-bond acceptors (Lipinski definition) is 5. The van der Waals surface area contributed by atoms with E-state index in [1.165, 1.54) is 0 Å². The van der Waals surface area contributed by atoms with Crippen LogP contribution in [0.15, 0.2) is 28.2 Å². The van der Waals surface area contributed by atoms with E-state index in [2.05, 4.69) is 9.88 Å². The summed E-state index contributed by atoms with van der Waals surface area (Å²) in [7, 11) is 1.98. The Balaban J connectivity index is 2.04. The highest BCUT2D eigenvalue weighted by molar-refractivity contribution is 7.13. The average Bonchev–Trinajstić information content (AvgIpc) is 2.97. The van der Waals surface area contributed by atoms with Gasteiger partial charge in [-0.15, -0.1) is 11.3 Å². The first-order valence-corrected chi connectivity index (χ1v) is 6.38. The zero-order valence-corrected chi connectivity index (χ0v) is 10.8. The highest BCUT2D eigenvalue weighted by atomic mass is 32.1. The van der Waals surface area contributed by atoms with Crippen LogP contribution in [0.4, 0.5) is 0 Å². The smallest absolute Gasteiger partial charge is 0.162 e. The molecule has 0 fully saturated rings. The van der Waals surface area contributed by atoms with Crippen molar-refractivity contribution in [3.05, 3.63) is 29.5 Å². The SMILES string of the molecule is CC(CO)N(C)Cc1csc(-c2ccco2)n1. The van der Waals surface area contributed by atoms with Gasteiger partial charge in [0.05, 0.1) is 18.6 Å². The molecule has 0 aliphatic rings. The van der Waals surface area contributed by atoms with Crippen molar-refractivity contribution in [2.45, 2.75) is 19.5 Å². The second kappa shape index (κ2) is 5.44. The quantitative estimate of drug-likeness (QED) is 0.886. The molecule has 2 aromatic heterocycles. The molecule has 0 amide bonds. The molecule has 4 nitrogen and oxygen atoms in total. The maximum atomic E-state index is 9.06. The number of rotatable bonds is 5. The van der Waals surface area contributed by atoms with Crippen LogP contribution >= 0.6 is 11.3 Å². The minimum Gasteiger partial charge on any atom is -0.462 e. The molecule has 0 spiro atoms. The van der Waals surface area contributed by atoms with Gasteiger partial charge >= 0.3 is 0 Å². The number of furan rings is 1. The summed E-state index contributed by atoms with van der Waals surface area (Å²) in [5.74, 6) is 0.805. The summed E-state index contributed by atoms with van der Waals surface area (Å²) in [5.41, 5.74) is 1.00. The lowest BCUT2D eigenvalue weighted by Crippen LogP contribution is -2.31. The van der Waals surface area contributed by atoms with Crippen LogP contribution in [-0.4, -0.2) is 34.7 Å². The molecule has 2 aromatic rings. The number of aromatic nitrogens is 1. The zero-order chi connectivity index (χ0) is 12.3. The summed E-state index contributed by atoms with van der Waals surface area (Å²) >= 11 is 1.57. The Morgan fingerprint density at radius 1 is 1.59 bits per heavy atom. The Labute approximate surface area is 105 Å². The Hall–Kier alpha value is -1.17. The Bertz CT molecular complexity index is 453. The molecule has 92 valence electrons. The molecule has 1 unspecified atom stereocenters. The third kappa shape index (κ3) is 2.94. The molecule has 1 atom stereocenters. The molecule has 1 N–H and O–H groups in total. The summed E-state index contributed by atoms with van der Waals surface area (Å²) < 4.78 is 5.30. The van der Waals surface area contributed by atoms with E-state index < -0.39 is 0 Å². The van der Waals surface area contributed by atoms with Crippen molar-refractivity contribution >= 4 is 11.3 Å². The Morgan fingerprint density at radius 2 is 2.41 bits per heavy atom. The Kier molecular flexibility index (Phi) is 3.93. The van der Waals surface area contributed by atoms with Crippen molar-refractivity contribution in [1.82, 2.24) is 9.88 Å². The molecular formula is C12H16N2O2S. The molecule has 0 aromatic carbocycles. The number of hydrogen-bond donors (Lipinski definition) is 1. The van der Waals surface area contributed by atoms with Gasteiger partial charge in [0.25, 0.3) is 0 Å². The first kappa shape index (κ1) is 12.3. The fraction of sp³-hybridized carbons (Fsp3) is 0.417. The molecule has 0 saturated heterocycles. The topological polar surface area (TPSA) is 49.5 Å². The van der Waals surface area contributed by atoms with E-state index in [4.69, 9.17) is 9.52 Å². The molecule has 17 heavy (non-hydrogen) atoms. The van der Waals surface area contributed by atoms with Gasteiger partial charge in [-0.2, -0.15) is 0 Å². The van der Waals surface area contributed by atoms with Crippen LogP contribution in [0, 0.1) is 0 Å². The van der Waals surface area contributed by atoms with E-state index in [-0.39, 0.29) is 12.6 Å². The maximum absolute atomic E-state index is 9.06. The van der Waals surface area contributed by atoms with Gasteiger partial charge in [-0.25, -0.2) is 4.98 Å². The van der Waals surface area contributed by atoms with Crippen LogP contribution in [0.5, 0.6) is 0 Å². The van der Waals surface area contributed by atoms with Crippen molar-refractivity contribution in [2.24, 2.45) is 0 Å². The van der Waals surface area contributed by atoms with Crippen molar-refractivity contribution in [1.29, 1.82) is 0 Å². The third-order valence-electron chi connectivity index (χ3n) is 2.71. The van der Waals surface area contributed by atoms with E-state index in [0.717, 1.165) is 23.0 Å². The fourth-order valence-corrected chi connectivity index (χ4v) is 2.22. The lowest BCUT2D eigenvalue weighted by Gasteiger charge is -2.21. The van der Waals surface area contributed by atoms with Crippen molar-refractivity contribution in [2.75, 3.05) is 13.7 Å². The lowest BCUT2D eigenvalue weighted by atomic mass is 10.3. The number of aliphatic hydroxyl groups is 1. The second-order valence-corrected chi connectivity index (χ2v) is 4.93. The predicted molar refractivity (Wildman–Crippen MR) is 67.8 cm³/mol. The number of likely N-dealkylation sites (N-methyl/N-ethyl adjacent to an activating group) is 1. The van der Waals surface area contributed by atoms with Crippen LogP contribution in [0.2, 0.25) is 0 Å². The van der Waals surface area contributed by atoms with Gasteiger partial charge in [0, 0.05) is 18.0 Å². The zero-order valence-electron chi connectivity index (χ0n) is 9.96. The lowest BCUT2D eigenvalue weighted by molar-refractivity contribution is 0.153. The van der Waals surface area contributed by atoms with E-state index in [9.17, 15) is 0 Å². The van der Waals surface area contributed by atoms with Crippen LogP contribution in [0.1, 0.15) is 12.6 Å². The van der Waals surface area contributed by atoms with Gasteiger partial charge in [-0.05, 0) is 26.1 Å². The third-order valence-corrected chi connectivity index (χ3v) is 3.62. The van der Waals surface area contributed by atoms with Gasteiger partial charge in [0.2, 0.25) is 0 Å². The van der Waals surface area contributed by atoms with Gasteiger partial charge in [-0.3, -0.25) is 4.90 Å². The van der Waals surface area contributed by atoms with E-state index >= 15 is 0 Å². The van der Waals surface area contributed by atoms with Gasteiger partial charge in [0.15, 0.2) is 10.8 Å². The highest BCUT2D eigenvalue weighted by Gasteiger charge is 2.12. The highest BCUT2D eigenvalue weighted by Crippen LogP contribution is 2.24. The Morgan fingerprint density at radius 3 is 3.06 bits per heavy atom. The number of nitrogens with zero attached hydrogens (tertiary/aromatic N) is 2. The summed E-state index contributed by atoms with van der Waals surface area (Å²) in [5, 5.41) is 12.0. The van der Waals surface area contributed by atoms with Crippen molar-refractivity contribution in [3.8, 4) is 10.8 Å². The normalized spacial score (nSPS) is 13.2. The van der Waals surface area contributed by atoms with Crippen LogP contribution in [0.25, 0.3) is 10.8 Å². The molecule has 0 aliphatic carbocycles. The summed E-state index contributed by atoms with van der Waals surface area (Å²) in [6, 6.07) is 3.91. The molecule has 2 rings (SSSR count).